The Labute approximate surface area is 132 Å². The maximum atomic E-state index is 12.8. The fraction of sp³-hybridized carbons (Fsp3) is 0.625. The van der Waals surface area contributed by atoms with Crippen molar-refractivity contribution in [3.8, 4) is 0 Å². The number of rotatable bonds is 8. The second-order valence-corrected chi connectivity index (χ2v) is 7.58. The van der Waals surface area contributed by atoms with Gasteiger partial charge < -0.3 is 4.90 Å². The zero-order valence-corrected chi connectivity index (χ0v) is 13.7. The van der Waals surface area contributed by atoms with Crippen molar-refractivity contribution in [3.63, 3.8) is 0 Å². The fourth-order valence-corrected chi connectivity index (χ4v) is 3.80. The van der Waals surface area contributed by atoms with Crippen LogP contribution in [0.15, 0.2) is 29.2 Å². The van der Waals surface area contributed by atoms with Crippen LogP contribution in [0, 0.1) is 5.82 Å². The molecule has 4 nitrogen and oxygen atoms in total. The standard InChI is InChI=1S/C16H25FN2O2S/c17-15-7-9-16(10-8-15)22(20,21)18-11-3-1-4-12-19-13-5-2-6-14-19/h7-10,18H,1-6,11-14H2. The highest BCUT2D eigenvalue weighted by atomic mass is 32.2. The zero-order chi connectivity index (χ0) is 15.8. The average Bonchev–Trinajstić information content (AvgIpc) is 2.52. The van der Waals surface area contributed by atoms with Gasteiger partial charge in [-0.1, -0.05) is 12.8 Å². The van der Waals surface area contributed by atoms with Gasteiger partial charge in [0.25, 0.3) is 0 Å². The van der Waals surface area contributed by atoms with Crippen molar-refractivity contribution < 1.29 is 12.8 Å². The molecule has 1 N–H and O–H groups in total. The summed E-state index contributed by atoms with van der Waals surface area (Å²) in [6.45, 7) is 3.96. The molecule has 0 amide bonds. The molecule has 1 aliphatic rings. The predicted molar refractivity (Wildman–Crippen MR) is 85.7 cm³/mol. The number of halogens is 1. The topological polar surface area (TPSA) is 49.4 Å². The van der Waals surface area contributed by atoms with Gasteiger partial charge in [0.15, 0.2) is 0 Å². The molecule has 1 aromatic rings. The summed E-state index contributed by atoms with van der Waals surface area (Å²) in [5, 5.41) is 0. The Morgan fingerprint density at radius 1 is 1.00 bits per heavy atom. The van der Waals surface area contributed by atoms with Gasteiger partial charge in [0.1, 0.15) is 5.82 Å². The normalized spacial score (nSPS) is 16.8. The SMILES string of the molecule is O=S(=O)(NCCCCCN1CCCCC1)c1ccc(F)cc1. The smallest absolute Gasteiger partial charge is 0.240 e. The minimum Gasteiger partial charge on any atom is -0.303 e. The maximum Gasteiger partial charge on any atom is 0.240 e. The monoisotopic (exact) mass is 328 g/mol. The van der Waals surface area contributed by atoms with Crippen LogP contribution in [0.2, 0.25) is 0 Å². The molecule has 6 heteroatoms. The van der Waals surface area contributed by atoms with Crippen LogP contribution in [0.25, 0.3) is 0 Å². The Morgan fingerprint density at radius 3 is 2.36 bits per heavy atom. The van der Waals surface area contributed by atoms with Gasteiger partial charge in [-0.15, -0.1) is 0 Å². The second-order valence-electron chi connectivity index (χ2n) is 5.81. The molecule has 1 heterocycles. The number of benzene rings is 1. The minimum atomic E-state index is -3.51. The van der Waals surface area contributed by atoms with Gasteiger partial charge in [-0.3, -0.25) is 0 Å². The van der Waals surface area contributed by atoms with Crippen LogP contribution in [0.1, 0.15) is 38.5 Å². The Morgan fingerprint density at radius 2 is 1.68 bits per heavy atom. The third kappa shape index (κ3) is 5.66. The Bertz CT molecular complexity index is 540. The lowest BCUT2D eigenvalue weighted by atomic mass is 10.1. The van der Waals surface area contributed by atoms with Gasteiger partial charge in [-0.05, 0) is 69.6 Å². The van der Waals surface area contributed by atoms with E-state index in [-0.39, 0.29) is 4.90 Å². The molecule has 0 spiro atoms. The molecule has 0 aromatic heterocycles. The van der Waals surface area contributed by atoms with E-state index in [0.29, 0.717) is 6.54 Å². The van der Waals surface area contributed by atoms with Crippen LogP contribution in [-0.4, -0.2) is 39.5 Å². The molecule has 124 valence electrons. The summed E-state index contributed by atoms with van der Waals surface area (Å²) in [6.07, 6.45) is 6.91. The molecule has 1 fully saturated rings. The molecule has 2 rings (SSSR count). The molecule has 22 heavy (non-hydrogen) atoms. The molecule has 0 saturated carbocycles. The van der Waals surface area contributed by atoms with E-state index >= 15 is 0 Å². The number of nitrogens with zero attached hydrogens (tertiary/aromatic N) is 1. The number of nitrogens with one attached hydrogen (secondary N) is 1. The van der Waals surface area contributed by atoms with Gasteiger partial charge in [0.05, 0.1) is 4.90 Å². The summed E-state index contributed by atoms with van der Waals surface area (Å²) in [5.74, 6) is -0.434. The summed E-state index contributed by atoms with van der Waals surface area (Å²) in [4.78, 5) is 2.61. The number of hydrogen-bond acceptors (Lipinski definition) is 3. The fourth-order valence-electron chi connectivity index (χ4n) is 2.72. The first-order valence-corrected chi connectivity index (χ1v) is 9.54. The molecule has 1 aromatic carbocycles. The summed E-state index contributed by atoms with van der Waals surface area (Å²) in [7, 11) is -3.51. The molecular formula is C16H25FN2O2S. The van der Waals surface area contributed by atoms with E-state index in [9.17, 15) is 12.8 Å². The maximum absolute atomic E-state index is 12.8. The lowest BCUT2D eigenvalue weighted by Crippen LogP contribution is -2.30. The average molecular weight is 328 g/mol. The van der Waals surface area contributed by atoms with Crippen molar-refractivity contribution in [3.05, 3.63) is 30.1 Å². The van der Waals surface area contributed by atoms with E-state index in [4.69, 9.17) is 0 Å². The summed E-state index contributed by atoms with van der Waals surface area (Å²) >= 11 is 0. The van der Waals surface area contributed by atoms with Crippen LogP contribution in [-0.2, 0) is 10.0 Å². The molecular weight excluding hydrogens is 303 g/mol. The van der Waals surface area contributed by atoms with E-state index in [1.165, 1.54) is 44.5 Å². The third-order valence-electron chi connectivity index (χ3n) is 4.02. The molecule has 0 radical (unpaired) electrons. The summed E-state index contributed by atoms with van der Waals surface area (Å²) in [5.41, 5.74) is 0. The first kappa shape index (κ1) is 17.4. The van der Waals surface area contributed by atoms with Gasteiger partial charge >= 0.3 is 0 Å². The first-order chi connectivity index (χ1) is 10.6. The van der Waals surface area contributed by atoms with Crippen molar-refractivity contribution in [1.29, 1.82) is 0 Å². The zero-order valence-electron chi connectivity index (χ0n) is 12.9. The van der Waals surface area contributed by atoms with Crippen LogP contribution in [0.5, 0.6) is 0 Å². The second kappa shape index (κ2) is 8.60. The van der Waals surface area contributed by atoms with E-state index in [2.05, 4.69) is 9.62 Å². The van der Waals surface area contributed by atoms with Crippen LogP contribution >= 0.6 is 0 Å². The van der Waals surface area contributed by atoms with Gasteiger partial charge in [-0.25, -0.2) is 17.5 Å². The highest BCUT2D eigenvalue weighted by molar-refractivity contribution is 7.89. The van der Waals surface area contributed by atoms with Crippen molar-refractivity contribution in [2.75, 3.05) is 26.2 Å². The number of likely N-dealkylation sites (tertiary alicyclic amines) is 1. The minimum absolute atomic E-state index is 0.113. The Hall–Kier alpha value is -0.980. The largest absolute Gasteiger partial charge is 0.303 e. The van der Waals surface area contributed by atoms with E-state index in [1.54, 1.807) is 0 Å². The quantitative estimate of drug-likeness (QED) is 0.747. The van der Waals surface area contributed by atoms with Crippen LogP contribution < -0.4 is 4.72 Å². The van der Waals surface area contributed by atoms with Crippen molar-refractivity contribution >= 4 is 10.0 Å². The van der Waals surface area contributed by atoms with Crippen LogP contribution in [0.3, 0.4) is 0 Å². The molecule has 1 aliphatic heterocycles. The molecule has 0 atom stereocenters. The van der Waals surface area contributed by atoms with Gasteiger partial charge in [0.2, 0.25) is 10.0 Å². The Balaban J connectivity index is 1.62. The number of unbranched alkanes of at least 4 members (excludes halogenated alkanes) is 2. The van der Waals surface area contributed by atoms with Crippen LogP contribution in [0.4, 0.5) is 4.39 Å². The third-order valence-corrected chi connectivity index (χ3v) is 5.49. The first-order valence-electron chi connectivity index (χ1n) is 8.05. The molecule has 0 unspecified atom stereocenters. The lowest BCUT2D eigenvalue weighted by Gasteiger charge is -2.26. The molecule has 0 bridgehead atoms. The lowest BCUT2D eigenvalue weighted by molar-refractivity contribution is 0.224. The highest BCUT2D eigenvalue weighted by Gasteiger charge is 2.13. The number of piperidine rings is 1. The van der Waals surface area contributed by atoms with Gasteiger partial charge in [-0.2, -0.15) is 0 Å². The van der Waals surface area contributed by atoms with Gasteiger partial charge in [0, 0.05) is 6.54 Å². The molecule has 0 aliphatic carbocycles. The van der Waals surface area contributed by atoms with E-state index in [0.717, 1.165) is 37.9 Å². The van der Waals surface area contributed by atoms with E-state index in [1.807, 2.05) is 0 Å². The highest BCUT2D eigenvalue weighted by Crippen LogP contribution is 2.11. The Kier molecular flexibility index (Phi) is 6.79. The molecule has 1 saturated heterocycles. The number of sulfonamides is 1. The van der Waals surface area contributed by atoms with Crippen molar-refractivity contribution in [2.24, 2.45) is 0 Å². The summed E-state index contributed by atoms with van der Waals surface area (Å²) in [6, 6.07) is 4.89. The van der Waals surface area contributed by atoms with Crippen molar-refractivity contribution in [1.82, 2.24) is 9.62 Å². The predicted octanol–water partition coefficient (Wildman–Crippen LogP) is 2.76. The number of hydrogen-bond donors (Lipinski definition) is 1. The van der Waals surface area contributed by atoms with Crippen molar-refractivity contribution in [2.45, 2.75) is 43.4 Å². The summed E-state index contributed by atoms with van der Waals surface area (Å²) < 4.78 is 39.3. The van der Waals surface area contributed by atoms with E-state index < -0.39 is 15.8 Å².